The molecular weight excluding hydrogens is 317 g/mol. The predicted molar refractivity (Wildman–Crippen MR) is 78.8 cm³/mol. The molecule has 3 N–H and O–H groups in total. The van der Waals surface area contributed by atoms with E-state index >= 15 is 0 Å². The number of anilines is 1. The second kappa shape index (κ2) is 5.97. The van der Waals surface area contributed by atoms with Crippen molar-refractivity contribution in [3.8, 4) is 0 Å². The Labute approximate surface area is 127 Å². The Morgan fingerprint density at radius 2 is 2.10 bits per heavy atom. The summed E-state index contributed by atoms with van der Waals surface area (Å²) in [6.45, 7) is 1.73. The van der Waals surface area contributed by atoms with Gasteiger partial charge in [0.1, 0.15) is 4.90 Å². The van der Waals surface area contributed by atoms with Crippen LogP contribution in [-0.2, 0) is 16.6 Å². The average Bonchev–Trinajstić information content (AvgIpc) is 2.41. The molecule has 0 radical (unpaired) electrons. The molecule has 0 aliphatic heterocycles. The van der Waals surface area contributed by atoms with E-state index in [9.17, 15) is 12.8 Å². The quantitative estimate of drug-likeness (QED) is 0.842. The highest BCUT2D eigenvalue weighted by Gasteiger charge is 2.21. The lowest BCUT2D eigenvalue weighted by molar-refractivity contribution is 0.558. The van der Waals surface area contributed by atoms with Gasteiger partial charge in [-0.2, -0.15) is 0 Å². The summed E-state index contributed by atoms with van der Waals surface area (Å²) in [5, 5.41) is 0.0444. The van der Waals surface area contributed by atoms with Crippen molar-refractivity contribution >= 4 is 27.3 Å². The van der Waals surface area contributed by atoms with E-state index in [1.807, 2.05) is 0 Å². The third kappa shape index (κ3) is 3.69. The average molecular weight is 330 g/mol. The van der Waals surface area contributed by atoms with E-state index in [1.54, 1.807) is 25.1 Å². The number of nitrogens with zero attached hydrogens (tertiary/aromatic N) is 1. The second-order valence-corrected chi connectivity index (χ2v) is 6.57. The normalized spacial score (nSPS) is 11.6. The van der Waals surface area contributed by atoms with Gasteiger partial charge in [-0.05, 0) is 31.2 Å². The predicted octanol–water partition coefficient (Wildman–Crippen LogP) is 2.24. The van der Waals surface area contributed by atoms with Gasteiger partial charge in [-0.1, -0.05) is 17.7 Å². The summed E-state index contributed by atoms with van der Waals surface area (Å²) < 4.78 is 40.4. The molecule has 0 atom stereocenters. The van der Waals surface area contributed by atoms with Crippen molar-refractivity contribution in [3.63, 3.8) is 0 Å². The minimum absolute atomic E-state index is 0.0444. The van der Waals surface area contributed by atoms with Gasteiger partial charge < -0.3 is 5.73 Å². The molecular formula is C13H13ClFN3O2S. The van der Waals surface area contributed by atoms with E-state index < -0.39 is 20.7 Å². The van der Waals surface area contributed by atoms with E-state index in [-0.39, 0.29) is 17.3 Å². The van der Waals surface area contributed by atoms with Gasteiger partial charge in [-0.3, -0.25) is 4.98 Å². The Kier molecular flexibility index (Phi) is 4.46. The molecule has 0 bridgehead atoms. The highest BCUT2D eigenvalue weighted by Crippen LogP contribution is 2.25. The molecule has 0 amide bonds. The van der Waals surface area contributed by atoms with Crippen LogP contribution in [0.2, 0.25) is 5.02 Å². The number of pyridine rings is 1. The van der Waals surface area contributed by atoms with Crippen LogP contribution in [0.3, 0.4) is 0 Å². The van der Waals surface area contributed by atoms with Crippen LogP contribution in [0.1, 0.15) is 11.4 Å². The zero-order valence-corrected chi connectivity index (χ0v) is 12.7. The molecule has 0 spiro atoms. The molecule has 0 unspecified atom stereocenters. The summed E-state index contributed by atoms with van der Waals surface area (Å²) in [5.74, 6) is -1.02. The van der Waals surface area contributed by atoms with Crippen LogP contribution in [-0.4, -0.2) is 13.4 Å². The lowest BCUT2D eigenvalue weighted by Gasteiger charge is -2.09. The largest absolute Gasteiger partial charge is 0.396 e. The van der Waals surface area contributed by atoms with Crippen molar-refractivity contribution in [2.45, 2.75) is 18.4 Å². The van der Waals surface area contributed by atoms with Crippen LogP contribution >= 0.6 is 11.6 Å². The Morgan fingerprint density at radius 1 is 1.38 bits per heavy atom. The van der Waals surface area contributed by atoms with Crippen LogP contribution in [0, 0.1) is 12.7 Å². The summed E-state index contributed by atoms with van der Waals surface area (Å²) in [6.07, 6.45) is 0. The first-order chi connectivity index (χ1) is 9.79. The molecule has 1 heterocycles. The first-order valence-corrected chi connectivity index (χ1v) is 7.82. The molecule has 1 aromatic heterocycles. The number of hydrogen-bond acceptors (Lipinski definition) is 4. The number of hydrogen-bond donors (Lipinski definition) is 2. The van der Waals surface area contributed by atoms with Gasteiger partial charge in [0.25, 0.3) is 0 Å². The number of nitrogen functional groups attached to an aromatic ring is 1. The molecule has 1 aromatic carbocycles. The monoisotopic (exact) mass is 329 g/mol. The van der Waals surface area contributed by atoms with Crippen molar-refractivity contribution in [1.82, 2.24) is 9.71 Å². The number of aromatic nitrogens is 1. The van der Waals surface area contributed by atoms with Crippen molar-refractivity contribution < 1.29 is 12.8 Å². The molecule has 0 aliphatic carbocycles. The number of benzene rings is 1. The smallest absolute Gasteiger partial charge is 0.243 e. The number of sulfonamides is 1. The molecule has 0 saturated carbocycles. The maximum absolute atomic E-state index is 13.8. The third-order valence-electron chi connectivity index (χ3n) is 2.71. The van der Waals surface area contributed by atoms with E-state index in [0.29, 0.717) is 5.69 Å². The summed E-state index contributed by atoms with van der Waals surface area (Å²) >= 11 is 5.71. The minimum Gasteiger partial charge on any atom is -0.396 e. The molecule has 0 aliphatic rings. The zero-order valence-electron chi connectivity index (χ0n) is 11.1. The Balaban J connectivity index is 2.27. The maximum atomic E-state index is 13.8. The summed E-state index contributed by atoms with van der Waals surface area (Å²) in [6, 6.07) is 7.37. The second-order valence-electron chi connectivity index (χ2n) is 4.40. The van der Waals surface area contributed by atoms with Crippen LogP contribution in [0.4, 0.5) is 10.1 Å². The number of nitrogens with two attached hydrogens (primary N) is 1. The topological polar surface area (TPSA) is 85.1 Å². The Hall–Kier alpha value is -1.70. The number of halogens is 2. The van der Waals surface area contributed by atoms with E-state index in [2.05, 4.69) is 9.71 Å². The fourth-order valence-electron chi connectivity index (χ4n) is 1.72. The fraction of sp³-hybridized carbons (Fsp3) is 0.154. The van der Waals surface area contributed by atoms with Gasteiger partial charge in [0.05, 0.1) is 17.9 Å². The van der Waals surface area contributed by atoms with Gasteiger partial charge in [-0.25, -0.2) is 17.5 Å². The van der Waals surface area contributed by atoms with E-state index in [1.165, 1.54) is 0 Å². The van der Waals surface area contributed by atoms with Crippen molar-refractivity contribution in [1.29, 1.82) is 0 Å². The standard InChI is InChI=1S/C13H13ClFN3O2S/c1-8-3-2-4-10(18-8)7-17-21(19,20)12-6-9(14)5-11(16)13(12)15/h2-6,17H,7,16H2,1H3. The molecule has 2 rings (SSSR count). The zero-order chi connectivity index (χ0) is 15.6. The Bertz CT molecular complexity index is 781. The molecule has 21 heavy (non-hydrogen) atoms. The lowest BCUT2D eigenvalue weighted by atomic mass is 10.3. The summed E-state index contributed by atoms with van der Waals surface area (Å²) in [7, 11) is -4.08. The maximum Gasteiger partial charge on any atom is 0.243 e. The number of nitrogens with one attached hydrogen (secondary N) is 1. The van der Waals surface area contributed by atoms with Crippen LogP contribution in [0.15, 0.2) is 35.2 Å². The van der Waals surface area contributed by atoms with Crippen molar-refractivity contribution in [2.75, 3.05) is 5.73 Å². The van der Waals surface area contributed by atoms with Gasteiger partial charge in [0.2, 0.25) is 10.0 Å². The number of rotatable bonds is 4. The number of aryl methyl sites for hydroxylation is 1. The first kappa shape index (κ1) is 15.7. The molecule has 0 saturated heterocycles. The SMILES string of the molecule is Cc1cccc(CNS(=O)(=O)c2cc(Cl)cc(N)c2F)n1. The highest BCUT2D eigenvalue weighted by atomic mass is 35.5. The summed E-state index contributed by atoms with van der Waals surface area (Å²) in [5.41, 5.74) is 6.34. The van der Waals surface area contributed by atoms with Crippen LogP contribution < -0.4 is 10.5 Å². The highest BCUT2D eigenvalue weighted by molar-refractivity contribution is 7.89. The van der Waals surface area contributed by atoms with E-state index in [4.69, 9.17) is 17.3 Å². The molecule has 5 nitrogen and oxygen atoms in total. The Morgan fingerprint density at radius 3 is 2.76 bits per heavy atom. The molecule has 0 fully saturated rings. The van der Waals surface area contributed by atoms with Crippen LogP contribution in [0.5, 0.6) is 0 Å². The molecule has 8 heteroatoms. The van der Waals surface area contributed by atoms with Crippen molar-refractivity contribution in [3.05, 3.63) is 52.6 Å². The van der Waals surface area contributed by atoms with Gasteiger partial charge in [0.15, 0.2) is 5.82 Å². The first-order valence-electron chi connectivity index (χ1n) is 5.96. The van der Waals surface area contributed by atoms with Gasteiger partial charge in [0, 0.05) is 10.7 Å². The molecule has 2 aromatic rings. The molecule has 112 valence electrons. The van der Waals surface area contributed by atoms with Gasteiger partial charge in [-0.15, -0.1) is 0 Å². The van der Waals surface area contributed by atoms with Gasteiger partial charge >= 0.3 is 0 Å². The van der Waals surface area contributed by atoms with Crippen molar-refractivity contribution in [2.24, 2.45) is 0 Å². The van der Waals surface area contributed by atoms with E-state index in [0.717, 1.165) is 17.8 Å². The summed E-state index contributed by atoms with van der Waals surface area (Å²) in [4.78, 5) is 3.57. The minimum atomic E-state index is -4.08. The lowest BCUT2D eigenvalue weighted by Crippen LogP contribution is -2.25. The van der Waals surface area contributed by atoms with Crippen LogP contribution in [0.25, 0.3) is 0 Å². The third-order valence-corrected chi connectivity index (χ3v) is 4.33. The fourth-order valence-corrected chi connectivity index (χ4v) is 3.15.